The predicted molar refractivity (Wildman–Crippen MR) is 76.2 cm³/mol. The number of ether oxygens (including phenoxy) is 2. The molecule has 19 heavy (non-hydrogen) atoms. The Kier molecular flexibility index (Phi) is 4.88. The molecule has 0 fully saturated rings. The monoisotopic (exact) mass is 297 g/mol. The normalized spacial score (nSPS) is 10.3. The van der Waals surface area contributed by atoms with Crippen LogP contribution in [0.2, 0.25) is 10.2 Å². The summed E-state index contributed by atoms with van der Waals surface area (Å²) in [5.74, 6) is 1.54. The first-order valence-corrected chi connectivity index (χ1v) is 6.61. The van der Waals surface area contributed by atoms with Crippen molar-refractivity contribution in [3.05, 3.63) is 52.3 Å². The molecule has 0 unspecified atom stereocenters. The molecular weight excluding hydrogens is 285 g/mol. The third-order valence-electron chi connectivity index (χ3n) is 2.39. The lowest BCUT2D eigenvalue weighted by Crippen LogP contribution is -1.99. The Hall–Kier alpha value is -1.45. The molecule has 0 bridgehead atoms. The first-order valence-electron chi connectivity index (χ1n) is 5.85. The highest BCUT2D eigenvalue weighted by atomic mass is 35.5. The maximum atomic E-state index is 6.01. The first kappa shape index (κ1) is 14.0. The number of benzene rings is 1. The van der Waals surface area contributed by atoms with Crippen LogP contribution < -0.4 is 9.47 Å². The van der Waals surface area contributed by atoms with Gasteiger partial charge >= 0.3 is 0 Å². The molecule has 0 saturated heterocycles. The fourth-order valence-corrected chi connectivity index (χ4v) is 1.83. The van der Waals surface area contributed by atoms with E-state index in [0.29, 0.717) is 22.5 Å². The van der Waals surface area contributed by atoms with E-state index in [4.69, 9.17) is 32.7 Å². The fourth-order valence-electron chi connectivity index (χ4n) is 1.51. The SMILES string of the molecule is CCOc1ccc(OCc2nc(Cl)ccc2Cl)cc1. The van der Waals surface area contributed by atoms with Crippen molar-refractivity contribution in [3.8, 4) is 11.5 Å². The Labute approximate surface area is 122 Å². The number of hydrogen-bond donors (Lipinski definition) is 0. The molecule has 0 N–H and O–H groups in total. The Balaban J connectivity index is 2.00. The van der Waals surface area contributed by atoms with Crippen molar-refractivity contribution in [2.24, 2.45) is 0 Å². The maximum absolute atomic E-state index is 6.01. The van der Waals surface area contributed by atoms with Gasteiger partial charge in [0.1, 0.15) is 23.3 Å². The molecule has 0 spiro atoms. The lowest BCUT2D eigenvalue weighted by Gasteiger charge is -2.08. The van der Waals surface area contributed by atoms with Crippen molar-refractivity contribution in [2.75, 3.05) is 6.61 Å². The first-order chi connectivity index (χ1) is 9.19. The van der Waals surface area contributed by atoms with E-state index < -0.39 is 0 Å². The summed E-state index contributed by atoms with van der Waals surface area (Å²) in [6.45, 7) is 2.85. The minimum Gasteiger partial charge on any atom is -0.494 e. The van der Waals surface area contributed by atoms with E-state index in [1.54, 1.807) is 12.1 Å². The summed E-state index contributed by atoms with van der Waals surface area (Å²) in [5.41, 5.74) is 0.614. The van der Waals surface area contributed by atoms with Crippen molar-refractivity contribution in [1.29, 1.82) is 0 Å². The summed E-state index contributed by atoms with van der Waals surface area (Å²) in [6.07, 6.45) is 0. The minimum absolute atomic E-state index is 0.271. The highest BCUT2D eigenvalue weighted by Crippen LogP contribution is 2.21. The van der Waals surface area contributed by atoms with Gasteiger partial charge in [-0.25, -0.2) is 4.98 Å². The van der Waals surface area contributed by atoms with Gasteiger partial charge in [0.25, 0.3) is 0 Å². The van der Waals surface area contributed by atoms with Crippen LogP contribution in [0, 0.1) is 0 Å². The van der Waals surface area contributed by atoms with E-state index in [2.05, 4.69) is 4.98 Å². The van der Waals surface area contributed by atoms with Crippen molar-refractivity contribution < 1.29 is 9.47 Å². The molecular formula is C14H13Cl2NO2. The van der Waals surface area contributed by atoms with Gasteiger partial charge in [-0.2, -0.15) is 0 Å². The summed E-state index contributed by atoms with van der Waals surface area (Å²) in [5, 5.41) is 0.935. The molecule has 0 aliphatic heterocycles. The summed E-state index contributed by atoms with van der Waals surface area (Å²) in [7, 11) is 0. The van der Waals surface area contributed by atoms with Crippen molar-refractivity contribution in [2.45, 2.75) is 13.5 Å². The van der Waals surface area contributed by atoms with Crippen LogP contribution in [0.15, 0.2) is 36.4 Å². The van der Waals surface area contributed by atoms with Gasteiger partial charge in [0, 0.05) is 0 Å². The van der Waals surface area contributed by atoms with Crippen LogP contribution in [0.4, 0.5) is 0 Å². The Morgan fingerprint density at radius 1 is 0.947 bits per heavy atom. The number of halogens is 2. The van der Waals surface area contributed by atoms with Gasteiger partial charge in [-0.3, -0.25) is 0 Å². The van der Waals surface area contributed by atoms with Crippen LogP contribution >= 0.6 is 23.2 Å². The molecule has 0 aliphatic carbocycles. The second-order valence-corrected chi connectivity index (χ2v) is 4.55. The minimum atomic E-state index is 0.271. The van der Waals surface area contributed by atoms with Gasteiger partial charge in [0.05, 0.1) is 17.3 Å². The van der Waals surface area contributed by atoms with Crippen LogP contribution in [-0.2, 0) is 6.61 Å². The second-order valence-electron chi connectivity index (χ2n) is 3.76. The van der Waals surface area contributed by atoms with E-state index in [9.17, 15) is 0 Å². The van der Waals surface area contributed by atoms with Gasteiger partial charge in [-0.15, -0.1) is 0 Å². The largest absolute Gasteiger partial charge is 0.494 e. The number of hydrogen-bond acceptors (Lipinski definition) is 3. The molecule has 0 atom stereocenters. The third kappa shape index (κ3) is 4.01. The molecule has 5 heteroatoms. The fraction of sp³-hybridized carbons (Fsp3) is 0.214. The topological polar surface area (TPSA) is 31.4 Å². The maximum Gasteiger partial charge on any atom is 0.132 e. The lowest BCUT2D eigenvalue weighted by atomic mass is 10.3. The molecule has 0 radical (unpaired) electrons. The Morgan fingerprint density at radius 3 is 2.21 bits per heavy atom. The van der Waals surface area contributed by atoms with Crippen LogP contribution in [0.5, 0.6) is 11.5 Å². The molecule has 2 rings (SSSR count). The van der Waals surface area contributed by atoms with Gasteiger partial charge in [-0.1, -0.05) is 23.2 Å². The van der Waals surface area contributed by atoms with Crippen molar-refractivity contribution in [3.63, 3.8) is 0 Å². The zero-order chi connectivity index (χ0) is 13.7. The molecule has 1 aromatic heterocycles. The van der Waals surface area contributed by atoms with E-state index in [1.165, 1.54) is 0 Å². The molecule has 1 aromatic carbocycles. The smallest absolute Gasteiger partial charge is 0.132 e. The predicted octanol–water partition coefficient (Wildman–Crippen LogP) is 4.37. The van der Waals surface area contributed by atoms with Crippen molar-refractivity contribution >= 4 is 23.2 Å². The number of pyridine rings is 1. The van der Waals surface area contributed by atoms with E-state index in [-0.39, 0.29) is 6.61 Å². The van der Waals surface area contributed by atoms with E-state index in [1.807, 2.05) is 31.2 Å². The number of rotatable bonds is 5. The highest BCUT2D eigenvalue weighted by molar-refractivity contribution is 6.32. The Bertz CT molecular complexity index is 544. The summed E-state index contributed by atoms with van der Waals surface area (Å²) >= 11 is 11.8. The molecule has 100 valence electrons. The Morgan fingerprint density at radius 2 is 1.58 bits per heavy atom. The third-order valence-corrected chi connectivity index (χ3v) is 2.95. The quantitative estimate of drug-likeness (QED) is 0.768. The molecule has 0 aliphatic rings. The summed E-state index contributed by atoms with van der Waals surface area (Å²) in [6, 6.07) is 10.7. The number of nitrogens with zero attached hydrogens (tertiary/aromatic N) is 1. The molecule has 3 nitrogen and oxygen atoms in total. The lowest BCUT2D eigenvalue weighted by molar-refractivity contribution is 0.299. The standard InChI is InChI=1S/C14H13Cl2NO2/c1-2-18-10-3-5-11(6-4-10)19-9-13-12(15)7-8-14(16)17-13/h3-8H,2,9H2,1H3. The van der Waals surface area contributed by atoms with Crippen LogP contribution in [0.3, 0.4) is 0 Å². The molecule has 2 aromatic rings. The van der Waals surface area contributed by atoms with Crippen LogP contribution in [-0.4, -0.2) is 11.6 Å². The van der Waals surface area contributed by atoms with Crippen molar-refractivity contribution in [1.82, 2.24) is 4.98 Å². The molecule has 0 amide bonds. The number of aromatic nitrogens is 1. The summed E-state index contributed by atoms with van der Waals surface area (Å²) in [4.78, 5) is 4.12. The van der Waals surface area contributed by atoms with Gasteiger partial charge in [-0.05, 0) is 43.3 Å². The van der Waals surface area contributed by atoms with Gasteiger partial charge in [0.15, 0.2) is 0 Å². The zero-order valence-electron chi connectivity index (χ0n) is 10.4. The molecule has 1 heterocycles. The average Bonchev–Trinajstić information content (AvgIpc) is 2.42. The van der Waals surface area contributed by atoms with E-state index in [0.717, 1.165) is 11.5 Å². The van der Waals surface area contributed by atoms with Crippen LogP contribution in [0.25, 0.3) is 0 Å². The second kappa shape index (κ2) is 6.64. The zero-order valence-corrected chi connectivity index (χ0v) is 11.9. The average molecular weight is 298 g/mol. The molecule has 0 saturated carbocycles. The van der Waals surface area contributed by atoms with Crippen LogP contribution in [0.1, 0.15) is 12.6 Å². The highest BCUT2D eigenvalue weighted by Gasteiger charge is 2.04. The van der Waals surface area contributed by atoms with Gasteiger partial charge in [0.2, 0.25) is 0 Å². The summed E-state index contributed by atoms with van der Waals surface area (Å²) < 4.78 is 11.0. The van der Waals surface area contributed by atoms with Gasteiger partial charge < -0.3 is 9.47 Å². The van der Waals surface area contributed by atoms with E-state index >= 15 is 0 Å².